The third-order valence-electron chi connectivity index (χ3n) is 6.25. The molecule has 0 saturated heterocycles. The summed E-state index contributed by atoms with van der Waals surface area (Å²) in [6, 6.07) is 13.9. The molecule has 0 unspecified atom stereocenters. The SMILES string of the molecule is O=C(NCc1ccnc(F)c1)n1c2c(c3cc(Cl)c(Cl)cc31)CN(C/C=C/c1ccc(Cl)cc1)CC2. The van der Waals surface area contributed by atoms with Gasteiger partial charge in [-0.3, -0.25) is 9.47 Å². The number of nitrogens with one attached hydrogen (secondary N) is 1. The van der Waals surface area contributed by atoms with Crippen LogP contribution in [-0.4, -0.2) is 33.6 Å². The van der Waals surface area contributed by atoms with Crippen LogP contribution in [0.1, 0.15) is 22.4 Å². The van der Waals surface area contributed by atoms with Gasteiger partial charge in [0.25, 0.3) is 0 Å². The number of hydrogen-bond donors (Lipinski definition) is 1. The fourth-order valence-electron chi connectivity index (χ4n) is 4.51. The number of hydrogen-bond acceptors (Lipinski definition) is 3. The molecule has 3 heterocycles. The molecule has 5 rings (SSSR count). The average molecular weight is 544 g/mol. The van der Waals surface area contributed by atoms with Crippen molar-refractivity contribution >= 4 is 57.8 Å². The highest BCUT2D eigenvalue weighted by Crippen LogP contribution is 2.36. The second-order valence-electron chi connectivity index (χ2n) is 8.63. The number of benzene rings is 2. The first-order valence-electron chi connectivity index (χ1n) is 11.4. The second kappa shape index (κ2) is 10.6. The van der Waals surface area contributed by atoms with Gasteiger partial charge in [0.1, 0.15) is 0 Å². The molecule has 36 heavy (non-hydrogen) atoms. The molecule has 2 aromatic carbocycles. The molecule has 9 heteroatoms. The first-order chi connectivity index (χ1) is 17.4. The van der Waals surface area contributed by atoms with Crippen molar-refractivity contribution in [2.24, 2.45) is 0 Å². The highest BCUT2D eigenvalue weighted by atomic mass is 35.5. The Bertz CT molecular complexity index is 1470. The maximum atomic E-state index is 13.4. The van der Waals surface area contributed by atoms with Gasteiger partial charge in [-0.15, -0.1) is 0 Å². The first-order valence-corrected chi connectivity index (χ1v) is 12.6. The quantitative estimate of drug-likeness (QED) is 0.277. The molecule has 0 saturated carbocycles. The van der Waals surface area contributed by atoms with E-state index in [9.17, 15) is 9.18 Å². The van der Waals surface area contributed by atoms with Crippen LogP contribution in [0.25, 0.3) is 17.0 Å². The Hall–Kier alpha value is -2.90. The van der Waals surface area contributed by atoms with Gasteiger partial charge in [0.2, 0.25) is 5.95 Å². The summed E-state index contributed by atoms with van der Waals surface area (Å²) >= 11 is 18.7. The molecular formula is C27H22Cl3FN4O. The number of aromatic nitrogens is 2. The molecule has 0 fully saturated rings. The largest absolute Gasteiger partial charge is 0.333 e. The Morgan fingerprint density at radius 3 is 2.64 bits per heavy atom. The number of carbonyl (C=O) groups excluding carboxylic acids is 1. The molecule has 2 aromatic heterocycles. The van der Waals surface area contributed by atoms with Crippen LogP contribution in [-0.2, 0) is 19.5 Å². The highest BCUT2D eigenvalue weighted by Gasteiger charge is 2.27. The van der Waals surface area contributed by atoms with Crippen LogP contribution >= 0.6 is 34.8 Å². The van der Waals surface area contributed by atoms with E-state index in [1.807, 2.05) is 30.3 Å². The van der Waals surface area contributed by atoms with Crippen molar-refractivity contribution in [1.82, 2.24) is 19.8 Å². The van der Waals surface area contributed by atoms with Crippen LogP contribution in [0.2, 0.25) is 15.1 Å². The van der Waals surface area contributed by atoms with Crippen molar-refractivity contribution in [3.63, 3.8) is 0 Å². The molecule has 0 bridgehead atoms. The van der Waals surface area contributed by atoms with Crippen molar-refractivity contribution in [2.45, 2.75) is 19.5 Å². The van der Waals surface area contributed by atoms with Crippen molar-refractivity contribution in [3.8, 4) is 0 Å². The summed E-state index contributed by atoms with van der Waals surface area (Å²) in [5.41, 5.74) is 4.40. The summed E-state index contributed by atoms with van der Waals surface area (Å²) in [4.78, 5) is 19.2. The monoisotopic (exact) mass is 542 g/mol. The van der Waals surface area contributed by atoms with Gasteiger partial charge in [0.05, 0.1) is 15.6 Å². The summed E-state index contributed by atoms with van der Waals surface area (Å²) in [5, 5.41) is 5.32. The molecular weight excluding hydrogens is 522 g/mol. The van der Waals surface area contributed by atoms with Gasteiger partial charge < -0.3 is 5.32 Å². The lowest BCUT2D eigenvalue weighted by Crippen LogP contribution is -2.34. The van der Waals surface area contributed by atoms with E-state index in [2.05, 4.69) is 27.4 Å². The standard InChI is InChI=1S/C27H22Cl3FN4O/c28-19-5-3-17(4-6-19)2-1-10-34-11-8-24-21(16-34)20-13-22(29)23(30)14-25(20)35(24)27(36)33-15-18-7-9-32-26(31)12-18/h1-7,9,12-14H,8,10-11,15-16H2,(H,33,36)/b2-1+. The van der Waals surface area contributed by atoms with Crippen LogP contribution in [0.3, 0.4) is 0 Å². The summed E-state index contributed by atoms with van der Waals surface area (Å²) < 4.78 is 15.1. The molecule has 1 amide bonds. The highest BCUT2D eigenvalue weighted by molar-refractivity contribution is 6.42. The molecule has 5 nitrogen and oxygen atoms in total. The van der Waals surface area contributed by atoms with Gasteiger partial charge in [-0.25, -0.2) is 9.78 Å². The van der Waals surface area contributed by atoms with Gasteiger partial charge in [0, 0.05) is 54.9 Å². The van der Waals surface area contributed by atoms with E-state index in [0.29, 0.717) is 39.1 Å². The van der Waals surface area contributed by atoms with E-state index in [0.717, 1.165) is 35.3 Å². The average Bonchev–Trinajstić information content (AvgIpc) is 3.16. The number of carbonyl (C=O) groups is 1. The van der Waals surface area contributed by atoms with Crippen molar-refractivity contribution in [1.29, 1.82) is 0 Å². The van der Waals surface area contributed by atoms with Crippen molar-refractivity contribution in [3.05, 3.63) is 104 Å². The fourth-order valence-corrected chi connectivity index (χ4v) is 4.96. The Morgan fingerprint density at radius 2 is 1.86 bits per heavy atom. The second-order valence-corrected chi connectivity index (χ2v) is 9.88. The number of amides is 1. The van der Waals surface area contributed by atoms with E-state index in [1.54, 1.807) is 16.7 Å². The van der Waals surface area contributed by atoms with E-state index >= 15 is 0 Å². The normalized spacial score (nSPS) is 13.9. The Labute approximate surface area is 223 Å². The molecule has 0 aliphatic carbocycles. The Morgan fingerprint density at radius 1 is 1.08 bits per heavy atom. The maximum absolute atomic E-state index is 13.4. The van der Waals surface area contributed by atoms with Crippen LogP contribution < -0.4 is 5.32 Å². The topological polar surface area (TPSA) is 50.2 Å². The van der Waals surface area contributed by atoms with Gasteiger partial charge in [-0.05, 0) is 53.1 Å². The number of pyridine rings is 1. The minimum Gasteiger partial charge on any atom is -0.333 e. The molecule has 4 aromatic rings. The molecule has 0 spiro atoms. The molecule has 1 aliphatic rings. The number of fused-ring (bicyclic) bond motifs is 3. The number of nitrogens with zero attached hydrogens (tertiary/aromatic N) is 3. The molecule has 1 N–H and O–H groups in total. The molecule has 0 radical (unpaired) electrons. The van der Waals surface area contributed by atoms with Gasteiger partial charge in [-0.1, -0.05) is 59.1 Å². The van der Waals surface area contributed by atoms with Crippen molar-refractivity contribution in [2.75, 3.05) is 13.1 Å². The lowest BCUT2D eigenvalue weighted by Gasteiger charge is -2.27. The fraction of sp³-hybridized carbons (Fsp3) is 0.185. The van der Waals surface area contributed by atoms with Crippen molar-refractivity contribution < 1.29 is 9.18 Å². The van der Waals surface area contributed by atoms with Crippen LogP contribution in [0.15, 0.2) is 60.8 Å². The van der Waals surface area contributed by atoms with E-state index in [4.69, 9.17) is 34.8 Å². The molecule has 0 atom stereocenters. The van der Waals surface area contributed by atoms with E-state index < -0.39 is 5.95 Å². The van der Waals surface area contributed by atoms with Crippen LogP contribution in [0.4, 0.5) is 9.18 Å². The zero-order chi connectivity index (χ0) is 25.2. The summed E-state index contributed by atoms with van der Waals surface area (Å²) in [6.07, 6.45) is 6.26. The first kappa shape index (κ1) is 24.8. The van der Waals surface area contributed by atoms with Crippen LogP contribution in [0.5, 0.6) is 0 Å². The zero-order valence-electron chi connectivity index (χ0n) is 19.1. The summed E-state index contributed by atoms with van der Waals surface area (Å²) in [5.74, 6) is -0.586. The molecule has 184 valence electrons. The lowest BCUT2D eigenvalue weighted by atomic mass is 10.0. The minimum atomic E-state index is -0.586. The summed E-state index contributed by atoms with van der Waals surface area (Å²) in [7, 11) is 0. The smallest absolute Gasteiger partial charge is 0.326 e. The van der Waals surface area contributed by atoms with Crippen LogP contribution in [0, 0.1) is 5.95 Å². The van der Waals surface area contributed by atoms with Gasteiger partial charge in [0.15, 0.2) is 0 Å². The van der Waals surface area contributed by atoms with E-state index in [-0.39, 0.29) is 12.6 Å². The third-order valence-corrected chi connectivity index (χ3v) is 7.23. The molecule has 1 aliphatic heterocycles. The maximum Gasteiger partial charge on any atom is 0.326 e. The van der Waals surface area contributed by atoms with Gasteiger partial charge in [-0.2, -0.15) is 4.39 Å². The third kappa shape index (κ3) is 5.27. The van der Waals surface area contributed by atoms with E-state index in [1.165, 1.54) is 12.3 Å². The number of halogens is 4. The lowest BCUT2D eigenvalue weighted by molar-refractivity contribution is 0.240. The zero-order valence-corrected chi connectivity index (χ0v) is 21.4. The van der Waals surface area contributed by atoms with Gasteiger partial charge >= 0.3 is 6.03 Å². The number of rotatable bonds is 5. The Balaban J connectivity index is 1.40. The summed E-state index contributed by atoms with van der Waals surface area (Å²) in [6.45, 7) is 2.40. The Kier molecular flexibility index (Phi) is 7.30. The predicted octanol–water partition coefficient (Wildman–Crippen LogP) is 6.97. The minimum absolute atomic E-state index is 0.176. The predicted molar refractivity (Wildman–Crippen MR) is 143 cm³/mol.